The van der Waals surface area contributed by atoms with E-state index in [-0.39, 0.29) is 12.0 Å². The summed E-state index contributed by atoms with van der Waals surface area (Å²) in [5, 5.41) is 26.4. The summed E-state index contributed by atoms with van der Waals surface area (Å²) in [4.78, 5) is 35.5. The summed E-state index contributed by atoms with van der Waals surface area (Å²) < 4.78 is 0. The quantitative estimate of drug-likeness (QED) is 0.204. The monoisotopic (exact) mass is 405 g/mol. The van der Waals surface area contributed by atoms with Crippen molar-refractivity contribution in [3.05, 3.63) is 46.8 Å². The largest absolute Gasteiger partial charge is 0.494 e. The highest BCUT2D eigenvalue weighted by atomic mass is 16.4. The minimum absolute atomic E-state index is 0.00838. The van der Waals surface area contributed by atoms with Gasteiger partial charge in [0, 0.05) is 12.1 Å². The number of hydrogen-bond acceptors (Lipinski definition) is 5. The second-order valence-corrected chi connectivity index (χ2v) is 8.80. The smallest absolute Gasteiger partial charge is 0.322 e. The fourth-order valence-electron chi connectivity index (χ4n) is 2.36. The Morgan fingerprint density at radius 2 is 1.41 bits per heavy atom. The predicted octanol–water partition coefficient (Wildman–Crippen LogP) is 1.96. The van der Waals surface area contributed by atoms with Gasteiger partial charge < -0.3 is 26.2 Å². The number of amides is 2. The normalized spacial score (nSPS) is 12.6. The summed E-state index contributed by atoms with van der Waals surface area (Å²) >= 11 is 0. The lowest BCUT2D eigenvalue weighted by atomic mass is 9.87. The Balaban J connectivity index is 3.02. The van der Waals surface area contributed by atoms with E-state index in [4.69, 9.17) is 5.11 Å². The molecule has 0 atom stereocenters. The lowest BCUT2D eigenvalue weighted by molar-refractivity contribution is -0.138. The fraction of sp³-hybridized carbons (Fsp3) is 0.476. The van der Waals surface area contributed by atoms with Crippen molar-refractivity contribution in [3.8, 4) is 0 Å². The van der Waals surface area contributed by atoms with Crippen LogP contribution < -0.4 is 16.0 Å². The topological polar surface area (TPSA) is 128 Å². The van der Waals surface area contributed by atoms with Crippen LogP contribution in [-0.2, 0) is 26.3 Å². The molecule has 160 valence electrons. The van der Waals surface area contributed by atoms with Crippen LogP contribution in [0.25, 0.3) is 0 Å². The molecule has 0 fully saturated rings. The average molecular weight is 405 g/mol. The zero-order valence-corrected chi connectivity index (χ0v) is 17.8. The number of benzene rings is 1. The minimum atomic E-state index is -1.26. The molecule has 0 heterocycles. The molecule has 2 amide bonds. The van der Waals surface area contributed by atoms with Crippen LogP contribution in [0.1, 0.15) is 52.7 Å². The van der Waals surface area contributed by atoms with E-state index in [0.717, 1.165) is 11.1 Å². The van der Waals surface area contributed by atoms with Gasteiger partial charge in [0.2, 0.25) is 5.88 Å². The number of carboxylic acid groups (broad SMARTS) is 1. The van der Waals surface area contributed by atoms with Crippen LogP contribution in [0.5, 0.6) is 0 Å². The van der Waals surface area contributed by atoms with Crippen molar-refractivity contribution in [1.82, 2.24) is 16.0 Å². The lowest BCUT2D eigenvalue weighted by Crippen LogP contribution is -2.46. The number of aliphatic hydroxyl groups is 1. The molecule has 1 aromatic rings. The van der Waals surface area contributed by atoms with Crippen molar-refractivity contribution in [1.29, 1.82) is 0 Å². The van der Waals surface area contributed by atoms with Crippen LogP contribution in [0.3, 0.4) is 0 Å². The second-order valence-electron chi connectivity index (χ2n) is 8.80. The molecule has 0 aliphatic heterocycles. The Morgan fingerprint density at radius 3 is 1.86 bits per heavy atom. The van der Waals surface area contributed by atoms with E-state index in [2.05, 4.69) is 36.7 Å². The van der Waals surface area contributed by atoms with Crippen molar-refractivity contribution in [2.75, 3.05) is 6.54 Å². The number of carbonyl (C=O) groups excluding carboxylic acids is 2. The maximum absolute atomic E-state index is 12.5. The number of carboxylic acids is 1. The molecule has 29 heavy (non-hydrogen) atoms. The lowest BCUT2D eigenvalue weighted by Gasteiger charge is -2.22. The van der Waals surface area contributed by atoms with Gasteiger partial charge in [-0.25, -0.2) is 0 Å². The summed E-state index contributed by atoms with van der Waals surface area (Å²) in [6, 6.07) is 7.73. The molecule has 0 unspecified atom stereocenters. The molecule has 0 spiro atoms. The number of hydrogen-bond donors (Lipinski definition) is 5. The Labute approximate surface area is 171 Å². The average Bonchev–Trinajstić information content (AvgIpc) is 2.56. The molecule has 5 N–H and O–H groups in total. The van der Waals surface area contributed by atoms with Crippen molar-refractivity contribution in [2.24, 2.45) is 0 Å². The Hall–Kier alpha value is -3.03. The molecule has 0 aliphatic carbocycles. The van der Waals surface area contributed by atoms with Crippen LogP contribution in [-0.4, -0.2) is 40.1 Å². The SMILES string of the molecule is CC(C)(C)NC(=O)C(C(=O)NCC(=O)O)=C(O)NCc1ccc(C(C)(C)C)cc1. The zero-order valence-electron chi connectivity index (χ0n) is 17.8. The molecule has 0 radical (unpaired) electrons. The van der Waals surface area contributed by atoms with Gasteiger partial charge in [0.1, 0.15) is 6.54 Å². The first-order valence-corrected chi connectivity index (χ1v) is 9.30. The molecule has 0 aromatic heterocycles. The van der Waals surface area contributed by atoms with Crippen molar-refractivity contribution in [3.63, 3.8) is 0 Å². The summed E-state index contributed by atoms with van der Waals surface area (Å²) in [6.07, 6.45) is 0. The Bertz CT molecular complexity index is 784. The van der Waals surface area contributed by atoms with Gasteiger partial charge in [0.05, 0.1) is 0 Å². The van der Waals surface area contributed by atoms with Crippen molar-refractivity contribution >= 4 is 17.8 Å². The molecule has 0 aliphatic rings. The van der Waals surface area contributed by atoms with Gasteiger partial charge in [-0.3, -0.25) is 14.4 Å². The van der Waals surface area contributed by atoms with E-state index in [1.165, 1.54) is 0 Å². The Morgan fingerprint density at radius 1 is 0.862 bits per heavy atom. The summed E-state index contributed by atoms with van der Waals surface area (Å²) in [7, 11) is 0. The third-order valence-electron chi connectivity index (χ3n) is 3.86. The fourth-order valence-corrected chi connectivity index (χ4v) is 2.36. The standard InChI is InChI=1S/C21H31N3O5/c1-20(2,3)14-9-7-13(8-10-14)11-22-17(27)16(18(28)23-12-15(25)26)19(29)24-21(4,5)6/h7-10,22,27H,11-12H2,1-6H3,(H,23,28)(H,24,29)(H,25,26). The minimum Gasteiger partial charge on any atom is -0.494 e. The van der Waals surface area contributed by atoms with E-state index in [9.17, 15) is 19.5 Å². The molecule has 1 aromatic carbocycles. The van der Waals surface area contributed by atoms with Gasteiger partial charge in [-0.2, -0.15) is 0 Å². The van der Waals surface area contributed by atoms with Gasteiger partial charge in [0.15, 0.2) is 5.57 Å². The first kappa shape index (κ1) is 24.0. The van der Waals surface area contributed by atoms with Crippen molar-refractivity contribution < 1.29 is 24.6 Å². The van der Waals surface area contributed by atoms with Crippen LogP contribution in [0, 0.1) is 0 Å². The van der Waals surface area contributed by atoms with Crippen LogP contribution in [0.2, 0.25) is 0 Å². The summed E-state index contributed by atoms with van der Waals surface area (Å²) in [5.41, 5.74) is 0.769. The van der Waals surface area contributed by atoms with Crippen LogP contribution in [0.15, 0.2) is 35.7 Å². The highest BCUT2D eigenvalue weighted by Crippen LogP contribution is 2.22. The third kappa shape index (κ3) is 8.25. The van der Waals surface area contributed by atoms with Gasteiger partial charge in [0.25, 0.3) is 11.8 Å². The summed E-state index contributed by atoms with van der Waals surface area (Å²) in [5.74, 6) is -3.69. The van der Waals surface area contributed by atoms with Gasteiger partial charge >= 0.3 is 5.97 Å². The predicted molar refractivity (Wildman–Crippen MR) is 110 cm³/mol. The van der Waals surface area contributed by atoms with E-state index in [1.807, 2.05) is 24.3 Å². The maximum Gasteiger partial charge on any atom is 0.322 e. The number of nitrogens with one attached hydrogen (secondary N) is 3. The van der Waals surface area contributed by atoms with Gasteiger partial charge in [-0.15, -0.1) is 0 Å². The second kappa shape index (κ2) is 9.45. The number of aliphatic hydroxyl groups excluding tert-OH is 1. The Kier molecular flexibility index (Phi) is 7.82. The van der Waals surface area contributed by atoms with Crippen LogP contribution >= 0.6 is 0 Å². The molecule has 0 bridgehead atoms. The van der Waals surface area contributed by atoms with Gasteiger partial charge in [-0.05, 0) is 37.3 Å². The molecule has 0 saturated carbocycles. The third-order valence-corrected chi connectivity index (χ3v) is 3.86. The molecular formula is C21H31N3O5. The molecule has 8 heteroatoms. The highest BCUT2D eigenvalue weighted by Gasteiger charge is 2.27. The first-order valence-electron chi connectivity index (χ1n) is 9.30. The number of aliphatic carboxylic acids is 1. The summed E-state index contributed by atoms with van der Waals surface area (Å²) in [6.45, 7) is 11.0. The van der Waals surface area contributed by atoms with Crippen LogP contribution in [0.4, 0.5) is 0 Å². The molecular weight excluding hydrogens is 374 g/mol. The van der Waals surface area contributed by atoms with Crippen molar-refractivity contribution in [2.45, 2.75) is 59.0 Å². The van der Waals surface area contributed by atoms with E-state index >= 15 is 0 Å². The molecule has 0 saturated heterocycles. The maximum atomic E-state index is 12.5. The highest BCUT2D eigenvalue weighted by molar-refractivity contribution is 6.19. The van der Waals surface area contributed by atoms with E-state index in [0.29, 0.717) is 0 Å². The first-order chi connectivity index (χ1) is 13.2. The van der Waals surface area contributed by atoms with E-state index < -0.39 is 41.3 Å². The number of rotatable bonds is 7. The molecule has 1 rings (SSSR count). The molecule has 8 nitrogen and oxygen atoms in total. The zero-order chi connectivity index (χ0) is 22.4. The number of carbonyl (C=O) groups is 3. The van der Waals surface area contributed by atoms with E-state index in [1.54, 1.807) is 20.8 Å². The van der Waals surface area contributed by atoms with Gasteiger partial charge in [-0.1, -0.05) is 45.0 Å².